The highest BCUT2D eigenvalue weighted by molar-refractivity contribution is 5.75. The van der Waals surface area contributed by atoms with Gasteiger partial charge in [0.15, 0.2) is 0 Å². The summed E-state index contributed by atoms with van der Waals surface area (Å²) in [4.78, 5) is 23.2. The van der Waals surface area contributed by atoms with E-state index < -0.39 is 0 Å². The smallest absolute Gasteiger partial charge is 0.150 e. The molecule has 0 aromatic heterocycles. The Hall–Kier alpha value is -5.54. The second kappa shape index (κ2) is 63.2. The summed E-state index contributed by atoms with van der Waals surface area (Å²) in [6.07, 6.45) is 81.1. The first-order valence-electron chi connectivity index (χ1n) is 43.0. The second-order valence-electron chi connectivity index (χ2n) is 30.2. The zero-order valence-electron chi connectivity index (χ0n) is 65.3. The molecule has 0 unspecified atom stereocenters. The van der Waals surface area contributed by atoms with E-state index in [9.17, 15) is 9.59 Å². The van der Waals surface area contributed by atoms with Crippen molar-refractivity contribution in [3.63, 3.8) is 0 Å². The molecule has 100 heavy (non-hydrogen) atoms. The van der Waals surface area contributed by atoms with Gasteiger partial charge < -0.3 is 0 Å². The van der Waals surface area contributed by atoms with Gasteiger partial charge in [0.25, 0.3) is 0 Å². The molecule has 0 aliphatic rings. The molecule has 4 rings (SSSR count). The largest absolute Gasteiger partial charge is 0.298 e. The quantitative estimate of drug-likeness (QED) is 0.0251. The third kappa shape index (κ3) is 44.8. The van der Waals surface area contributed by atoms with E-state index in [1.807, 2.05) is 48.5 Å². The highest BCUT2D eigenvalue weighted by Crippen LogP contribution is 2.26. The fourth-order valence-electron chi connectivity index (χ4n) is 14.5. The van der Waals surface area contributed by atoms with Crippen LogP contribution < -0.4 is 0 Å². The van der Waals surface area contributed by atoms with Crippen LogP contribution in [0.4, 0.5) is 0 Å². The second-order valence-corrected chi connectivity index (χ2v) is 30.2. The summed E-state index contributed by atoms with van der Waals surface area (Å²) in [5, 5.41) is 0. The molecule has 0 atom stereocenters. The third-order valence-electron chi connectivity index (χ3n) is 21.1. The van der Waals surface area contributed by atoms with E-state index >= 15 is 0 Å². The Morgan fingerprint density at radius 1 is 0.210 bits per heavy atom. The van der Waals surface area contributed by atoms with Gasteiger partial charge in [-0.15, -0.1) is 0 Å². The first kappa shape index (κ1) is 86.9. The molecule has 0 saturated carbocycles. The van der Waals surface area contributed by atoms with Crippen molar-refractivity contribution in [2.45, 2.75) is 413 Å². The highest BCUT2D eigenvalue weighted by atomic mass is 16.1. The van der Waals surface area contributed by atoms with E-state index in [2.05, 4.69) is 99.3 Å². The lowest BCUT2D eigenvalue weighted by molar-refractivity contribution is 0.111. The number of carbonyl (C=O) groups is 2. The Morgan fingerprint density at radius 2 is 0.380 bits per heavy atom. The lowest BCUT2D eigenvalue weighted by atomic mass is 9.91. The zero-order chi connectivity index (χ0) is 70.9. The summed E-state index contributed by atoms with van der Waals surface area (Å²) in [6, 6.07) is 25.0. The Labute approximate surface area is 618 Å². The van der Waals surface area contributed by atoms with Crippen molar-refractivity contribution in [3.8, 4) is 47.4 Å². The molecule has 4 aromatic carbocycles. The number of hydrogen-bond acceptors (Lipinski definition) is 2. The van der Waals surface area contributed by atoms with Gasteiger partial charge in [-0.25, -0.2) is 0 Å². The van der Waals surface area contributed by atoms with Crippen molar-refractivity contribution in [3.05, 3.63) is 140 Å². The van der Waals surface area contributed by atoms with Crippen molar-refractivity contribution < 1.29 is 9.59 Å². The fourth-order valence-corrected chi connectivity index (χ4v) is 14.5. The van der Waals surface area contributed by atoms with Crippen molar-refractivity contribution >= 4 is 12.6 Å². The van der Waals surface area contributed by atoms with Gasteiger partial charge in [-0.1, -0.05) is 421 Å². The number of rotatable bonds is 62. The van der Waals surface area contributed by atoms with Crippen LogP contribution in [0.1, 0.15) is 464 Å². The SMILES string of the molecule is CCCCCCCCCCCCCCCCc1cc(C#Cc2ccc(C=O)cc2)c(CCCCCCCCCCCCCCCC)cc1C#CC#Cc1cc(CCCCCCCCCCCCCCCC)c(C#Cc2ccc(C=O)cc2)cc1CCCCCCCCCCCCCCCC. The van der Waals surface area contributed by atoms with Crippen LogP contribution in [0.2, 0.25) is 0 Å². The topological polar surface area (TPSA) is 34.1 Å². The monoisotopic (exact) mass is 1360 g/mol. The Balaban J connectivity index is 1.63. The number of aryl methyl sites for hydroxylation is 4. The first-order valence-corrected chi connectivity index (χ1v) is 43.0. The Kier molecular flexibility index (Phi) is 54.9. The maximum Gasteiger partial charge on any atom is 0.150 e. The molecule has 0 aliphatic carbocycles. The number of unbranched alkanes of at least 4 members (excludes halogenated alkanes) is 52. The van der Waals surface area contributed by atoms with Gasteiger partial charge >= 0.3 is 0 Å². The summed E-state index contributed by atoms with van der Waals surface area (Å²) in [5.74, 6) is 28.7. The molecule has 0 radical (unpaired) electrons. The normalized spacial score (nSPS) is 11.0. The number of hydrogen-bond donors (Lipinski definition) is 0. The molecule has 0 fully saturated rings. The molecule has 0 N–H and O–H groups in total. The standard InChI is InChI=1S/C98H146O2/c1-5-9-13-17-21-25-29-33-37-41-45-49-53-57-63-91-83-97(79-77-87-69-73-89(85-99)74-70-87)95(65-59-55-51-47-43-39-35-31-27-23-19-15-11-7-3)81-93(91)67-61-62-68-94-82-96(66-60-56-52-48-44-40-36-32-28-24-20-16-12-8-4)98(80-78-88-71-75-90(86-100)76-72-88)84-92(94)64-58-54-50-46-42-38-34-30-26-22-18-14-10-6-2/h69-76,81-86H,5-60,63-66H2,1-4H3. The number of benzene rings is 4. The summed E-state index contributed by atoms with van der Waals surface area (Å²) < 4.78 is 0. The summed E-state index contributed by atoms with van der Waals surface area (Å²) in [6.45, 7) is 9.22. The molecule has 0 bridgehead atoms. The molecule has 0 spiro atoms. The van der Waals surface area contributed by atoms with E-state index in [4.69, 9.17) is 0 Å². The van der Waals surface area contributed by atoms with Gasteiger partial charge in [0.2, 0.25) is 0 Å². The number of aldehydes is 2. The molecule has 2 heteroatoms. The van der Waals surface area contributed by atoms with E-state index in [-0.39, 0.29) is 0 Å². The van der Waals surface area contributed by atoms with Crippen molar-refractivity contribution in [2.24, 2.45) is 0 Å². The molecule has 550 valence electrons. The predicted molar refractivity (Wildman–Crippen MR) is 438 cm³/mol. The lowest BCUT2D eigenvalue weighted by Crippen LogP contribution is -2.00. The van der Waals surface area contributed by atoms with Crippen LogP contribution >= 0.6 is 0 Å². The van der Waals surface area contributed by atoms with E-state index in [1.54, 1.807) is 0 Å². The van der Waals surface area contributed by atoms with E-state index in [0.29, 0.717) is 11.1 Å². The summed E-state index contributed by atoms with van der Waals surface area (Å²) in [5.41, 5.74) is 12.8. The first-order chi connectivity index (χ1) is 49.5. The molecule has 2 nitrogen and oxygen atoms in total. The van der Waals surface area contributed by atoms with Gasteiger partial charge in [0.05, 0.1) is 0 Å². The zero-order valence-corrected chi connectivity index (χ0v) is 65.3. The molecule has 0 saturated heterocycles. The fraction of sp³-hybridized carbons (Fsp3) is 0.653. The average Bonchev–Trinajstić information content (AvgIpc) is 0.833. The molecule has 0 amide bonds. The summed E-state index contributed by atoms with van der Waals surface area (Å²) in [7, 11) is 0. The molecular formula is C98H146O2. The van der Waals surface area contributed by atoms with Crippen LogP contribution in [0.3, 0.4) is 0 Å². The van der Waals surface area contributed by atoms with Crippen molar-refractivity contribution in [1.29, 1.82) is 0 Å². The molecule has 4 aromatic rings. The highest BCUT2D eigenvalue weighted by Gasteiger charge is 2.12. The van der Waals surface area contributed by atoms with Crippen LogP contribution in [0.25, 0.3) is 0 Å². The van der Waals surface area contributed by atoms with Crippen LogP contribution in [0.5, 0.6) is 0 Å². The predicted octanol–water partition coefficient (Wildman–Crippen LogP) is 29.6. The molecular weight excluding hydrogens is 1210 g/mol. The average molecular weight is 1360 g/mol. The minimum Gasteiger partial charge on any atom is -0.298 e. The Morgan fingerprint density at radius 3 is 0.560 bits per heavy atom. The van der Waals surface area contributed by atoms with E-state index in [0.717, 1.165) is 97.3 Å². The number of carbonyl (C=O) groups excluding carboxylic acids is 2. The van der Waals surface area contributed by atoms with Gasteiger partial charge in [-0.3, -0.25) is 9.59 Å². The Bertz CT molecular complexity index is 2720. The third-order valence-corrected chi connectivity index (χ3v) is 21.1. The van der Waals surface area contributed by atoms with Crippen LogP contribution in [-0.2, 0) is 25.7 Å². The molecule has 0 heterocycles. The van der Waals surface area contributed by atoms with Crippen LogP contribution in [0, 0.1) is 47.4 Å². The maximum absolute atomic E-state index is 11.6. The minimum absolute atomic E-state index is 0.675. The van der Waals surface area contributed by atoms with Crippen molar-refractivity contribution in [2.75, 3.05) is 0 Å². The summed E-state index contributed by atoms with van der Waals surface area (Å²) >= 11 is 0. The maximum atomic E-state index is 11.6. The van der Waals surface area contributed by atoms with Crippen LogP contribution in [-0.4, -0.2) is 12.6 Å². The van der Waals surface area contributed by atoms with Crippen molar-refractivity contribution in [1.82, 2.24) is 0 Å². The molecule has 0 aliphatic heterocycles. The van der Waals surface area contributed by atoms with Gasteiger partial charge in [0, 0.05) is 44.5 Å². The van der Waals surface area contributed by atoms with Gasteiger partial charge in [-0.05, 0) is 134 Å². The minimum atomic E-state index is 0.675. The van der Waals surface area contributed by atoms with E-state index in [1.165, 1.54) is 356 Å². The lowest BCUT2D eigenvalue weighted by Gasteiger charge is -2.12. The van der Waals surface area contributed by atoms with Gasteiger partial charge in [-0.2, -0.15) is 0 Å². The van der Waals surface area contributed by atoms with Crippen LogP contribution in [0.15, 0.2) is 72.8 Å². The van der Waals surface area contributed by atoms with Gasteiger partial charge in [0.1, 0.15) is 12.6 Å².